The van der Waals surface area contributed by atoms with Gasteiger partial charge in [-0.3, -0.25) is 15.0 Å². The number of amides is 1. The van der Waals surface area contributed by atoms with Crippen molar-refractivity contribution in [1.82, 2.24) is 10.4 Å². The van der Waals surface area contributed by atoms with Gasteiger partial charge in [0.05, 0.1) is 5.56 Å². The summed E-state index contributed by atoms with van der Waals surface area (Å²) in [5.41, 5.74) is 10.2. The van der Waals surface area contributed by atoms with E-state index in [9.17, 15) is 13.6 Å². The highest BCUT2D eigenvalue weighted by atomic mass is 35.5. The van der Waals surface area contributed by atoms with Crippen molar-refractivity contribution in [1.29, 1.82) is 5.41 Å². The number of nitrogens with one attached hydrogen (secondary N) is 2. The number of hydroxylamine groups is 1. The van der Waals surface area contributed by atoms with Gasteiger partial charge in [-0.1, -0.05) is 30.3 Å². The predicted octanol–water partition coefficient (Wildman–Crippen LogP) is 4.21. The molecular formula is C23H25ClF2N4O2. The van der Waals surface area contributed by atoms with E-state index >= 15 is 0 Å². The van der Waals surface area contributed by atoms with Crippen molar-refractivity contribution in [3.63, 3.8) is 0 Å². The second-order valence-electron chi connectivity index (χ2n) is 7.32. The Balaban J connectivity index is 0.00000363. The first-order chi connectivity index (χ1) is 14.7. The Hall–Kier alpha value is -3.23. The molecule has 0 aromatic heterocycles. The number of amidine groups is 1. The molecule has 1 aliphatic heterocycles. The van der Waals surface area contributed by atoms with Crippen LogP contribution < -0.4 is 11.2 Å². The molecule has 1 heterocycles. The largest absolute Gasteiger partial charge is 0.384 e. The van der Waals surface area contributed by atoms with Crippen LogP contribution in [-0.2, 0) is 16.2 Å². The molecule has 2 aromatic rings. The smallest absolute Gasteiger partial charge is 0.240 e. The number of allylic oxidation sites excluding steroid dienone is 2. The number of carbonyl (C=O) groups excluding carboxylic acids is 1. The van der Waals surface area contributed by atoms with E-state index in [0.29, 0.717) is 24.2 Å². The van der Waals surface area contributed by atoms with Gasteiger partial charge in [0.15, 0.2) is 0 Å². The summed E-state index contributed by atoms with van der Waals surface area (Å²) >= 11 is 0. The summed E-state index contributed by atoms with van der Waals surface area (Å²) in [6, 6.07) is 9.92. The third-order valence-corrected chi connectivity index (χ3v) is 4.85. The van der Waals surface area contributed by atoms with Crippen molar-refractivity contribution in [2.24, 2.45) is 5.73 Å². The second-order valence-corrected chi connectivity index (χ2v) is 7.32. The lowest BCUT2D eigenvalue weighted by molar-refractivity contribution is -0.135. The molecule has 170 valence electrons. The van der Waals surface area contributed by atoms with Crippen molar-refractivity contribution in [3.8, 4) is 0 Å². The fourth-order valence-electron chi connectivity index (χ4n) is 3.31. The van der Waals surface area contributed by atoms with E-state index in [-0.39, 0.29) is 23.8 Å². The zero-order chi connectivity index (χ0) is 22.5. The summed E-state index contributed by atoms with van der Waals surface area (Å²) < 4.78 is 29.3. The molecule has 4 N–H and O–H groups in total. The van der Waals surface area contributed by atoms with E-state index in [1.807, 2.05) is 35.4 Å². The third-order valence-electron chi connectivity index (χ3n) is 4.85. The molecule has 0 saturated carbocycles. The van der Waals surface area contributed by atoms with Crippen LogP contribution in [0.1, 0.15) is 42.2 Å². The maximum atomic E-state index is 14.7. The minimum atomic E-state index is -0.979. The van der Waals surface area contributed by atoms with Gasteiger partial charge in [0.2, 0.25) is 5.91 Å². The number of hydrogen-bond donors (Lipinski definition) is 3. The summed E-state index contributed by atoms with van der Waals surface area (Å²) in [6.45, 7) is 3.77. The lowest BCUT2D eigenvalue weighted by Gasteiger charge is -2.25. The first kappa shape index (κ1) is 25.0. The van der Waals surface area contributed by atoms with Crippen LogP contribution in [0.25, 0.3) is 5.57 Å². The number of nitrogen functional groups attached to an aromatic ring is 1. The molecule has 0 bridgehead atoms. The maximum Gasteiger partial charge on any atom is 0.240 e. The van der Waals surface area contributed by atoms with Gasteiger partial charge in [-0.05, 0) is 48.0 Å². The average Bonchev–Trinajstić information content (AvgIpc) is 2.72. The molecule has 6 nitrogen and oxygen atoms in total. The Bertz CT molecular complexity index is 1030. The normalized spacial score (nSPS) is 13.8. The van der Waals surface area contributed by atoms with Crippen molar-refractivity contribution in [2.45, 2.75) is 26.5 Å². The minimum Gasteiger partial charge on any atom is -0.384 e. The first-order valence-electron chi connectivity index (χ1n) is 9.71. The molecule has 1 unspecified atom stereocenters. The zero-order valence-corrected chi connectivity index (χ0v) is 18.5. The lowest BCUT2D eigenvalue weighted by Crippen LogP contribution is -2.23. The van der Waals surface area contributed by atoms with Crippen molar-refractivity contribution in [3.05, 3.63) is 88.6 Å². The lowest BCUT2D eigenvalue weighted by atomic mass is 9.99. The van der Waals surface area contributed by atoms with Crippen molar-refractivity contribution >= 4 is 29.7 Å². The first-order valence-corrected chi connectivity index (χ1v) is 9.71. The molecule has 3 rings (SSSR count). The molecule has 2 aromatic carbocycles. The highest BCUT2D eigenvalue weighted by molar-refractivity contribution is 5.94. The Kier molecular flexibility index (Phi) is 8.51. The van der Waals surface area contributed by atoms with Crippen LogP contribution in [0.4, 0.5) is 8.78 Å². The van der Waals surface area contributed by atoms with E-state index in [4.69, 9.17) is 16.0 Å². The number of carbonyl (C=O) groups is 1. The molecule has 1 amide bonds. The SMILES string of the molecule is CC(=O)NOC(C)c1c(F)cc(C2=CC=CN(Cc3ccc(C(=N)N)cc3)C2)cc1F.Cl. The predicted molar refractivity (Wildman–Crippen MR) is 122 cm³/mol. The van der Waals surface area contributed by atoms with E-state index < -0.39 is 23.6 Å². The molecule has 0 spiro atoms. The second kappa shape index (κ2) is 10.9. The molecule has 1 atom stereocenters. The van der Waals surface area contributed by atoms with Crippen LogP contribution in [-0.4, -0.2) is 23.2 Å². The summed E-state index contributed by atoms with van der Waals surface area (Å²) in [6.07, 6.45) is 4.58. The third kappa shape index (κ3) is 6.15. The fraction of sp³-hybridized carbons (Fsp3) is 0.217. The van der Waals surface area contributed by atoms with Crippen LogP contribution in [0.5, 0.6) is 0 Å². The summed E-state index contributed by atoms with van der Waals surface area (Å²) in [5.74, 6) is -1.93. The summed E-state index contributed by atoms with van der Waals surface area (Å²) in [4.78, 5) is 18.0. The highest BCUT2D eigenvalue weighted by Gasteiger charge is 2.21. The van der Waals surface area contributed by atoms with E-state index in [1.165, 1.54) is 26.0 Å². The Morgan fingerprint density at radius 1 is 1.25 bits per heavy atom. The number of halogens is 3. The van der Waals surface area contributed by atoms with Gasteiger partial charge < -0.3 is 10.6 Å². The molecule has 0 radical (unpaired) electrons. The quantitative estimate of drug-likeness (QED) is 0.326. The number of nitrogens with zero attached hydrogens (tertiary/aromatic N) is 1. The number of nitrogens with two attached hydrogens (primary N) is 1. The van der Waals surface area contributed by atoms with E-state index in [1.54, 1.807) is 12.1 Å². The molecule has 0 aliphatic carbocycles. The standard InChI is InChI=1S/C23H24F2N4O2.ClH/c1-14(31-28-15(2)30)22-20(24)10-19(11-21(22)25)18-4-3-9-29(13-18)12-16-5-7-17(8-6-16)23(26)27;/h3-11,14H,12-13H2,1-2H3,(H3,26,27)(H,28,30);1H. The number of benzene rings is 2. The van der Waals surface area contributed by atoms with E-state index in [2.05, 4.69) is 5.48 Å². The monoisotopic (exact) mass is 462 g/mol. The molecule has 9 heteroatoms. The Morgan fingerprint density at radius 2 is 1.88 bits per heavy atom. The van der Waals surface area contributed by atoms with Gasteiger partial charge in [0.25, 0.3) is 0 Å². The maximum absolute atomic E-state index is 14.7. The van der Waals surface area contributed by atoms with Gasteiger partial charge in [-0.2, -0.15) is 0 Å². The van der Waals surface area contributed by atoms with Gasteiger partial charge in [-0.15, -0.1) is 12.4 Å². The van der Waals surface area contributed by atoms with Crippen LogP contribution >= 0.6 is 12.4 Å². The van der Waals surface area contributed by atoms with Gasteiger partial charge in [0, 0.05) is 25.6 Å². The fourth-order valence-corrected chi connectivity index (χ4v) is 3.31. The topological polar surface area (TPSA) is 91.4 Å². The zero-order valence-electron chi connectivity index (χ0n) is 17.7. The van der Waals surface area contributed by atoms with Crippen LogP contribution in [0, 0.1) is 17.0 Å². The van der Waals surface area contributed by atoms with Crippen LogP contribution in [0.2, 0.25) is 0 Å². The van der Waals surface area contributed by atoms with Crippen LogP contribution in [0.15, 0.2) is 54.8 Å². The average molecular weight is 463 g/mol. The molecule has 1 aliphatic rings. The Morgan fingerprint density at radius 3 is 2.44 bits per heavy atom. The van der Waals surface area contributed by atoms with Gasteiger partial charge >= 0.3 is 0 Å². The molecule has 32 heavy (non-hydrogen) atoms. The van der Waals surface area contributed by atoms with Gasteiger partial charge in [-0.25, -0.2) is 14.3 Å². The Labute approximate surface area is 191 Å². The highest BCUT2D eigenvalue weighted by Crippen LogP contribution is 2.29. The van der Waals surface area contributed by atoms with E-state index in [0.717, 1.165) is 11.1 Å². The number of rotatable bonds is 7. The van der Waals surface area contributed by atoms with Crippen molar-refractivity contribution in [2.75, 3.05) is 6.54 Å². The number of hydrogen-bond acceptors (Lipinski definition) is 4. The van der Waals surface area contributed by atoms with Crippen LogP contribution in [0.3, 0.4) is 0 Å². The van der Waals surface area contributed by atoms with Gasteiger partial charge in [0.1, 0.15) is 23.6 Å². The molecule has 0 saturated heterocycles. The minimum absolute atomic E-state index is 0. The summed E-state index contributed by atoms with van der Waals surface area (Å²) in [7, 11) is 0. The molecular weight excluding hydrogens is 438 g/mol. The molecule has 0 fully saturated rings. The van der Waals surface area contributed by atoms with Crippen molar-refractivity contribution < 1.29 is 18.4 Å². The summed E-state index contributed by atoms with van der Waals surface area (Å²) in [5, 5.41) is 7.46.